The Hall–Kier alpha value is -2.82. The van der Waals surface area contributed by atoms with Gasteiger partial charge in [0, 0.05) is 20.0 Å². The molecule has 0 aliphatic rings. The number of nitrogens with one attached hydrogen (secondary N) is 1. The largest absolute Gasteiger partial charge is 0.447 e. The van der Waals surface area contributed by atoms with E-state index in [2.05, 4.69) is 5.32 Å². The number of rotatable bonds is 7. The molecule has 1 atom stereocenters. The molecule has 0 aromatic heterocycles. The molecule has 5 heteroatoms. The summed E-state index contributed by atoms with van der Waals surface area (Å²) in [6.45, 7) is 4.02. The van der Waals surface area contributed by atoms with Crippen molar-refractivity contribution < 1.29 is 14.3 Å². The summed E-state index contributed by atoms with van der Waals surface area (Å²) in [6.07, 6.45) is -0.418. The van der Waals surface area contributed by atoms with Crippen LogP contribution < -0.4 is 5.32 Å². The topological polar surface area (TPSA) is 58.6 Å². The van der Waals surface area contributed by atoms with Crippen LogP contribution in [0.5, 0.6) is 0 Å². The fraction of sp³-hybridized carbons (Fsp3) is 0.333. The van der Waals surface area contributed by atoms with E-state index in [1.54, 1.807) is 25.8 Å². The first kappa shape index (κ1) is 19.5. The van der Waals surface area contributed by atoms with Crippen molar-refractivity contribution in [3.8, 4) is 0 Å². The Bertz CT molecular complexity index is 702. The van der Waals surface area contributed by atoms with Gasteiger partial charge in [0.05, 0.1) is 6.10 Å². The summed E-state index contributed by atoms with van der Waals surface area (Å²) < 4.78 is 5.15. The van der Waals surface area contributed by atoms with Crippen molar-refractivity contribution in [2.75, 3.05) is 7.05 Å². The Morgan fingerprint density at radius 3 is 2.04 bits per heavy atom. The Kier molecular flexibility index (Phi) is 7.21. The van der Waals surface area contributed by atoms with Crippen LogP contribution in [0.3, 0.4) is 0 Å². The summed E-state index contributed by atoms with van der Waals surface area (Å²) in [5.41, 5.74) is 2.01. The molecule has 26 heavy (non-hydrogen) atoms. The molecule has 1 N–H and O–H groups in total. The van der Waals surface area contributed by atoms with Crippen molar-refractivity contribution in [1.82, 2.24) is 10.2 Å². The predicted octanol–water partition coefficient (Wildman–Crippen LogP) is 3.39. The molecule has 0 heterocycles. The third kappa shape index (κ3) is 6.24. The van der Waals surface area contributed by atoms with E-state index in [-0.39, 0.29) is 12.0 Å². The second-order valence-electron chi connectivity index (χ2n) is 6.52. The third-order valence-corrected chi connectivity index (χ3v) is 3.85. The van der Waals surface area contributed by atoms with Crippen LogP contribution in [0, 0.1) is 0 Å². The quantitative estimate of drug-likeness (QED) is 0.829. The number of alkyl carbamates (subject to hydrolysis) is 1. The van der Waals surface area contributed by atoms with Crippen molar-refractivity contribution in [1.29, 1.82) is 0 Å². The number of ether oxygens (including phenoxy) is 1. The first-order valence-corrected chi connectivity index (χ1v) is 8.75. The van der Waals surface area contributed by atoms with Crippen LogP contribution in [0.15, 0.2) is 60.7 Å². The van der Waals surface area contributed by atoms with E-state index in [1.165, 1.54) is 0 Å². The van der Waals surface area contributed by atoms with Crippen LogP contribution in [0.4, 0.5) is 4.79 Å². The zero-order valence-electron chi connectivity index (χ0n) is 15.5. The maximum absolute atomic E-state index is 12.9. The molecule has 0 unspecified atom stereocenters. The second-order valence-corrected chi connectivity index (χ2v) is 6.52. The van der Waals surface area contributed by atoms with E-state index >= 15 is 0 Å². The van der Waals surface area contributed by atoms with Crippen LogP contribution >= 0.6 is 0 Å². The summed E-state index contributed by atoms with van der Waals surface area (Å²) in [6, 6.07) is 18.7. The molecular formula is C21H26N2O3. The van der Waals surface area contributed by atoms with Crippen LogP contribution in [-0.4, -0.2) is 36.1 Å². The summed E-state index contributed by atoms with van der Waals surface area (Å²) in [7, 11) is 1.74. The molecule has 138 valence electrons. The van der Waals surface area contributed by atoms with Crippen molar-refractivity contribution in [2.45, 2.75) is 39.0 Å². The summed E-state index contributed by atoms with van der Waals surface area (Å²) in [5, 5.41) is 2.71. The van der Waals surface area contributed by atoms with Crippen molar-refractivity contribution in [3.05, 3.63) is 71.8 Å². The molecule has 2 rings (SSSR count). The van der Waals surface area contributed by atoms with E-state index in [9.17, 15) is 9.59 Å². The Balaban J connectivity index is 2.10. The van der Waals surface area contributed by atoms with Gasteiger partial charge < -0.3 is 15.0 Å². The smallest absolute Gasteiger partial charge is 0.408 e. The lowest BCUT2D eigenvalue weighted by Gasteiger charge is -2.25. The van der Waals surface area contributed by atoms with Gasteiger partial charge in [0.25, 0.3) is 0 Å². The molecule has 0 aliphatic heterocycles. The number of carbonyl (C=O) groups excluding carboxylic acids is 2. The molecular weight excluding hydrogens is 328 g/mol. The number of hydrogen-bond acceptors (Lipinski definition) is 3. The highest BCUT2D eigenvalue weighted by atomic mass is 16.6. The molecule has 0 spiro atoms. The summed E-state index contributed by atoms with van der Waals surface area (Å²) >= 11 is 0. The molecule has 0 aliphatic carbocycles. The normalized spacial score (nSPS) is 11.7. The second kappa shape index (κ2) is 9.61. The number of nitrogens with zero attached hydrogens (tertiary/aromatic N) is 1. The van der Waals surface area contributed by atoms with Gasteiger partial charge in [-0.2, -0.15) is 0 Å². The molecule has 0 radical (unpaired) electrons. The molecule has 0 bridgehead atoms. The van der Waals surface area contributed by atoms with Gasteiger partial charge in [0.2, 0.25) is 5.91 Å². The maximum atomic E-state index is 12.9. The van der Waals surface area contributed by atoms with Gasteiger partial charge in [-0.15, -0.1) is 0 Å². The van der Waals surface area contributed by atoms with Crippen molar-refractivity contribution >= 4 is 12.0 Å². The van der Waals surface area contributed by atoms with Gasteiger partial charge in [0.1, 0.15) is 6.04 Å². The van der Waals surface area contributed by atoms with E-state index in [0.29, 0.717) is 13.0 Å². The van der Waals surface area contributed by atoms with Crippen LogP contribution in [0.2, 0.25) is 0 Å². The first-order valence-electron chi connectivity index (χ1n) is 8.75. The van der Waals surface area contributed by atoms with E-state index in [1.807, 2.05) is 60.7 Å². The van der Waals surface area contributed by atoms with Gasteiger partial charge in [-0.05, 0) is 25.0 Å². The third-order valence-electron chi connectivity index (χ3n) is 3.85. The summed E-state index contributed by atoms with van der Waals surface area (Å²) in [5.74, 6) is -0.154. The van der Waals surface area contributed by atoms with Gasteiger partial charge in [-0.3, -0.25) is 4.79 Å². The van der Waals surface area contributed by atoms with Gasteiger partial charge in [-0.25, -0.2) is 4.79 Å². The highest BCUT2D eigenvalue weighted by molar-refractivity contribution is 5.85. The lowest BCUT2D eigenvalue weighted by atomic mass is 10.0. The molecule has 0 saturated heterocycles. The molecule has 0 fully saturated rings. The van der Waals surface area contributed by atoms with Gasteiger partial charge in [-0.1, -0.05) is 60.7 Å². The predicted molar refractivity (Wildman–Crippen MR) is 102 cm³/mol. The molecule has 2 aromatic rings. The minimum atomic E-state index is -0.683. The molecule has 2 amide bonds. The van der Waals surface area contributed by atoms with E-state index in [4.69, 9.17) is 4.74 Å². The standard InChI is InChI=1S/C21H26N2O3/c1-16(2)26-21(25)22-19(14-17-10-6-4-7-11-17)20(24)23(3)15-18-12-8-5-9-13-18/h4-13,16,19H,14-15H2,1-3H3,(H,22,25)/t19-/m0/s1. The van der Waals surface area contributed by atoms with Gasteiger partial charge in [0.15, 0.2) is 0 Å². The Morgan fingerprint density at radius 1 is 0.962 bits per heavy atom. The number of hydrogen-bond donors (Lipinski definition) is 1. The van der Waals surface area contributed by atoms with Crippen LogP contribution in [0.25, 0.3) is 0 Å². The van der Waals surface area contributed by atoms with Crippen LogP contribution in [-0.2, 0) is 22.5 Å². The minimum Gasteiger partial charge on any atom is -0.447 e. The lowest BCUT2D eigenvalue weighted by molar-refractivity contribution is -0.132. The van der Waals surface area contributed by atoms with E-state index < -0.39 is 12.1 Å². The zero-order chi connectivity index (χ0) is 18.9. The molecule has 2 aromatic carbocycles. The number of carbonyl (C=O) groups is 2. The summed E-state index contributed by atoms with van der Waals surface area (Å²) in [4.78, 5) is 26.6. The van der Waals surface area contributed by atoms with Crippen molar-refractivity contribution in [2.24, 2.45) is 0 Å². The van der Waals surface area contributed by atoms with Gasteiger partial charge >= 0.3 is 6.09 Å². The average molecular weight is 354 g/mol. The Morgan fingerprint density at radius 2 is 1.50 bits per heavy atom. The first-order chi connectivity index (χ1) is 12.5. The fourth-order valence-corrected chi connectivity index (χ4v) is 2.64. The van der Waals surface area contributed by atoms with Crippen molar-refractivity contribution in [3.63, 3.8) is 0 Å². The van der Waals surface area contributed by atoms with Crippen LogP contribution in [0.1, 0.15) is 25.0 Å². The number of amides is 2. The lowest BCUT2D eigenvalue weighted by Crippen LogP contribution is -2.48. The molecule has 5 nitrogen and oxygen atoms in total. The minimum absolute atomic E-state index is 0.154. The highest BCUT2D eigenvalue weighted by Gasteiger charge is 2.25. The average Bonchev–Trinajstić information content (AvgIpc) is 2.61. The molecule has 0 saturated carbocycles. The fourth-order valence-electron chi connectivity index (χ4n) is 2.64. The van der Waals surface area contributed by atoms with E-state index in [0.717, 1.165) is 11.1 Å². The maximum Gasteiger partial charge on any atom is 0.408 e. The number of likely N-dealkylation sites (N-methyl/N-ethyl adjacent to an activating group) is 1. The Labute approximate surface area is 155 Å². The number of benzene rings is 2. The zero-order valence-corrected chi connectivity index (χ0v) is 15.5. The highest BCUT2D eigenvalue weighted by Crippen LogP contribution is 2.09. The monoisotopic (exact) mass is 354 g/mol. The SMILES string of the molecule is CC(C)OC(=O)N[C@@H](Cc1ccccc1)C(=O)N(C)Cc1ccccc1.